The van der Waals surface area contributed by atoms with Crippen molar-refractivity contribution < 1.29 is 14.5 Å². The first kappa shape index (κ1) is 12.7. The van der Waals surface area contributed by atoms with E-state index in [1.807, 2.05) is 30.3 Å². The fourth-order valence-electron chi connectivity index (χ4n) is 2.11. The number of carbonyl (C=O) groups is 1. The highest BCUT2D eigenvalue weighted by atomic mass is 31.2. The Morgan fingerprint density at radius 1 is 1.16 bits per heavy atom. The van der Waals surface area contributed by atoms with Gasteiger partial charge >= 0.3 is 7.59 Å². The summed E-state index contributed by atoms with van der Waals surface area (Å²) in [4.78, 5) is 11.4. The van der Waals surface area contributed by atoms with E-state index < -0.39 is 13.7 Å². The number of rotatable bonds is 5. The number of carboxylic acid groups (broad SMARTS) is 1. The molecule has 2 fully saturated rings. The summed E-state index contributed by atoms with van der Waals surface area (Å²) in [7, 11) is -3.13. The van der Waals surface area contributed by atoms with Gasteiger partial charge in [0.05, 0.1) is 6.54 Å². The van der Waals surface area contributed by atoms with Crippen LogP contribution < -0.4 is 5.11 Å². The van der Waals surface area contributed by atoms with Crippen molar-refractivity contribution in [3.8, 4) is 0 Å². The minimum Gasteiger partial charge on any atom is -0.530 e. The molecular formula is C12H15N3O3P-. The average molecular weight is 280 g/mol. The quantitative estimate of drug-likeness (QED) is 0.583. The van der Waals surface area contributed by atoms with E-state index in [0.29, 0.717) is 26.2 Å². The normalized spacial score (nSPS) is 19.2. The molecule has 102 valence electrons. The minimum absolute atomic E-state index is 0.105. The first-order chi connectivity index (χ1) is 9.12. The van der Waals surface area contributed by atoms with Crippen molar-refractivity contribution in [2.45, 2.75) is 6.54 Å². The second-order valence-electron chi connectivity index (χ2n) is 4.73. The van der Waals surface area contributed by atoms with Gasteiger partial charge in [0, 0.05) is 26.2 Å². The SMILES string of the molecule is O=C([O-])N(Cc1ccccc1)P(=O)(N1CC1)N1CC1. The van der Waals surface area contributed by atoms with Crippen LogP contribution in [0.1, 0.15) is 5.56 Å². The lowest BCUT2D eigenvalue weighted by Crippen LogP contribution is -2.41. The van der Waals surface area contributed by atoms with Crippen molar-refractivity contribution >= 4 is 13.7 Å². The van der Waals surface area contributed by atoms with Crippen molar-refractivity contribution in [1.82, 2.24) is 14.0 Å². The number of carbonyl (C=O) groups excluding carboxylic acids is 1. The van der Waals surface area contributed by atoms with Crippen molar-refractivity contribution in [3.63, 3.8) is 0 Å². The Bertz CT molecular complexity index is 512. The first-order valence-electron chi connectivity index (χ1n) is 6.26. The van der Waals surface area contributed by atoms with Gasteiger partial charge in [-0.05, 0) is 5.56 Å². The predicted octanol–water partition coefficient (Wildman–Crippen LogP) is 0.571. The number of hydrogen-bond acceptors (Lipinski definition) is 3. The average Bonchev–Trinajstić information content (AvgIpc) is 3.29. The van der Waals surface area contributed by atoms with Crippen LogP contribution in [0.5, 0.6) is 0 Å². The molecule has 6 nitrogen and oxygen atoms in total. The Kier molecular flexibility index (Phi) is 3.09. The van der Waals surface area contributed by atoms with Crippen LogP contribution in [-0.4, -0.2) is 46.3 Å². The van der Waals surface area contributed by atoms with Gasteiger partial charge in [0.25, 0.3) is 0 Å². The van der Waals surface area contributed by atoms with Crippen molar-refractivity contribution in [3.05, 3.63) is 35.9 Å². The van der Waals surface area contributed by atoms with E-state index >= 15 is 0 Å². The van der Waals surface area contributed by atoms with E-state index in [1.54, 1.807) is 9.34 Å². The van der Waals surface area contributed by atoms with Crippen LogP contribution >= 0.6 is 7.59 Å². The third-order valence-corrected chi connectivity index (χ3v) is 6.49. The molecule has 0 atom stereocenters. The smallest absolute Gasteiger partial charge is 0.312 e. The summed E-state index contributed by atoms with van der Waals surface area (Å²) in [6.45, 7) is 2.85. The molecule has 0 aromatic heterocycles. The highest BCUT2D eigenvalue weighted by molar-refractivity contribution is 7.57. The molecule has 0 bridgehead atoms. The van der Waals surface area contributed by atoms with Crippen molar-refractivity contribution in [1.29, 1.82) is 0 Å². The van der Waals surface area contributed by atoms with Gasteiger partial charge in [0.1, 0.15) is 6.09 Å². The maximum absolute atomic E-state index is 13.0. The Hall–Kier alpha value is -1.36. The third-order valence-electron chi connectivity index (χ3n) is 3.28. The summed E-state index contributed by atoms with van der Waals surface area (Å²) >= 11 is 0. The van der Waals surface area contributed by atoms with E-state index in [-0.39, 0.29) is 6.54 Å². The highest BCUT2D eigenvalue weighted by Crippen LogP contribution is 2.62. The maximum Gasteiger partial charge on any atom is 0.312 e. The molecule has 2 heterocycles. The lowest BCUT2D eigenvalue weighted by Gasteiger charge is -2.34. The Balaban J connectivity index is 1.88. The van der Waals surface area contributed by atoms with Gasteiger partial charge in [-0.25, -0.2) is 9.34 Å². The molecule has 7 heteroatoms. The van der Waals surface area contributed by atoms with Crippen LogP contribution in [0.25, 0.3) is 0 Å². The summed E-state index contributed by atoms with van der Waals surface area (Å²) in [6, 6.07) is 9.18. The second-order valence-corrected chi connectivity index (χ2v) is 7.37. The van der Waals surface area contributed by atoms with Crippen LogP contribution in [-0.2, 0) is 11.1 Å². The van der Waals surface area contributed by atoms with E-state index in [2.05, 4.69) is 0 Å². The predicted molar refractivity (Wildman–Crippen MR) is 68.1 cm³/mol. The van der Waals surface area contributed by atoms with Crippen LogP contribution in [0.4, 0.5) is 4.79 Å². The number of nitrogens with zero attached hydrogens (tertiary/aromatic N) is 3. The van der Waals surface area contributed by atoms with E-state index in [9.17, 15) is 14.5 Å². The molecule has 2 aliphatic rings. The molecule has 1 aromatic carbocycles. The summed E-state index contributed by atoms with van der Waals surface area (Å²) < 4.78 is 17.5. The Labute approximate surface area is 111 Å². The van der Waals surface area contributed by atoms with Gasteiger partial charge in [-0.2, -0.15) is 0 Å². The van der Waals surface area contributed by atoms with Crippen LogP contribution in [0.3, 0.4) is 0 Å². The van der Waals surface area contributed by atoms with Gasteiger partial charge in [-0.1, -0.05) is 30.3 Å². The molecule has 2 aliphatic heterocycles. The number of benzene rings is 1. The van der Waals surface area contributed by atoms with Crippen LogP contribution in [0.15, 0.2) is 30.3 Å². The van der Waals surface area contributed by atoms with Gasteiger partial charge in [0.15, 0.2) is 0 Å². The molecule has 0 N–H and O–H groups in total. The first-order valence-corrected chi connectivity index (χ1v) is 7.82. The minimum atomic E-state index is -3.13. The lowest BCUT2D eigenvalue weighted by molar-refractivity contribution is -0.260. The van der Waals surface area contributed by atoms with E-state index in [4.69, 9.17) is 0 Å². The zero-order valence-electron chi connectivity index (χ0n) is 10.4. The van der Waals surface area contributed by atoms with Crippen LogP contribution in [0.2, 0.25) is 0 Å². The number of amides is 1. The molecule has 19 heavy (non-hydrogen) atoms. The van der Waals surface area contributed by atoms with Gasteiger partial charge in [0.2, 0.25) is 0 Å². The zero-order chi connectivity index (χ0) is 13.5. The van der Waals surface area contributed by atoms with Crippen LogP contribution in [0, 0.1) is 0 Å². The molecule has 2 saturated heterocycles. The van der Waals surface area contributed by atoms with Gasteiger partial charge in [-0.3, -0.25) is 9.24 Å². The largest absolute Gasteiger partial charge is 0.530 e. The molecule has 0 radical (unpaired) electrons. The summed E-state index contributed by atoms with van der Waals surface area (Å²) in [5, 5.41) is 11.4. The molecule has 1 amide bonds. The Morgan fingerprint density at radius 2 is 1.68 bits per heavy atom. The molecule has 0 spiro atoms. The van der Waals surface area contributed by atoms with Crippen molar-refractivity contribution in [2.24, 2.45) is 0 Å². The maximum atomic E-state index is 13.0. The monoisotopic (exact) mass is 280 g/mol. The van der Waals surface area contributed by atoms with Crippen molar-refractivity contribution in [2.75, 3.05) is 26.2 Å². The zero-order valence-corrected chi connectivity index (χ0v) is 11.3. The van der Waals surface area contributed by atoms with Gasteiger partial charge < -0.3 is 9.90 Å². The number of hydrogen-bond donors (Lipinski definition) is 0. The summed E-state index contributed by atoms with van der Waals surface area (Å²) in [6.07, 6.45) is -1.37. The summed E-state index contributed by atoms with van der Waals surface area (Å²) in [5.41, 5.74) is 0.815. The lowest BCUT2D eigenvalue weighted by atomic mass is 10.2. The van der Waals surface area contributed by atoms with E-state index in [1.165, 1.54) is 0 Å². The summed E-state index contributed by atoms with van der Waals surface area (Å²) in [5.74, 6) is 0. The molecule has 0 aliphatic carbocycles. The molecular weight excluding hydrogens is 265 g/mol. The highest BCUT2D eigenvalue weighted by Gasteiger charge is 2.52. The van der Waals surface area contributed by atoms with Gasteiger partial charge in [-0.15, -0.1) is 0 Å². The Morgan fingerprint density at radius 3 is 2.11 bits per heavy atom. The second kappa shape index (κ2) is 4.63. The third kappa shape index (κ3) is 2.39. The van der Waals surface area contributed by atoms with E-state index in [0.717, 1.165) is 10.2 Å². The topological polar surface area (TPSA) is 66.5 Å². The standard InChI is InChI=1S/C12H16N3O3P/c16-12(17)15(10-11-4-2-1-3-5-11)19(18,13-6-7-13)14-8-9-14/h1-5H,6-10H2,(H,16,17)/p-1. The fourth-order valence-corrected chi connectivity index (χ4v) is 4.86. The fraction of sp³-hybridized carbons (Fsp3) is 0.417. The molecule has 0 saturated carbocycles. The molecule has 0 unspecified atom stereocenters. The molecule has 3 rings (SSSR count). The molecule has 1 aromatic rings.